The molecule has 6 rings (SSSR count). The van der Waals surface area contributed by atoms with Crippen molar-refractivity contribution < 1.29 is 14.0 Å². The molecule has 226 valence electrons. The number of aromatic nitrogens is 2. The Morgan fingerprint density at radius 1 is 1.10 bits per heavy atom. The average Bonchev–Trinajstić information content (AvgIpc) is 3.79. The molecule has 0 radical (unpaired) electrons. The highest BCUT2D eigenvalue weighted by Gasteiger charge is 2.55. The second-order valence-electron chi connectivity index (χ2n) is 12.8. The molecule has 1 aromatic heterocycles. The fraction of sp³-hybridized carbons (Fsp3) is 0.613. The van der Waals surface area contributed by atoms with Crippen molar-refractivity contribution in [3.05, 3.63) is 34.7 Å². The van der Waals surface area contributed by atoms with E-state index >= 15 is 4.39 Å². The number of nitrogens with one attached hydrogen (secondary N) is 2. The fourth-order valence-corrected chi connectivity index (χ4v) is 7.17. The first kappa shape index (κ1) is 29.1. The van der Waals surface area contributed by atoms with Crippen LogP contribution in [0.15, 0.2) is 18.3 Å². The van der Waals surface area contributed by atoms with Gasteiger partial charge in [-0.15, -0.1) is 0 Å². The van der Waals surface area contributed by atoms with Crippen molar-refractivity contribution in [2.45, 2.75) is 88.8 Å². The Bertz CT molecular complexity index is 1350. The Balaban J connectivity index is 1.21. The van der Waals surface area contributed by atoms with Gasteiger partial charge in [-0.1, -0.05) is 30.9 Å². The normalized spacial score (nSPS) is 24.0. The van der Waals surface area contributed by atoms with Crippen molar-refractivity contribution in [2.75, 3.05) is 42.8 Å². The highest BCUT2D eigenvalue weighted by atomic mass is 35.5. The number of hydrogen-bond donors (Lipinski definition) is 2. The minimum atomic E-state index is -0.666. The van der Waals surface area contributed by atoms with Gasteiger partial charge in [0.05, 0.1) is 27.9 Å². The molecule has 0 bridgehead atoms. The molecular formula is C31H41ClFN7O2. The molecule has 3 fully saturated rings. The standard InChI is InChI=1S/C31H41ClFN7O2/c1-38(2)20-11-9-19(10-12-20)35-28(41)22-15-23(32)25(16-24(22)33)36-30-34-17-26-27(37-30)40(21-7-5-4-6-8-21)18-31(13-14-31)29(42)39(26)3/h15-17,19-21H,4-14,18H2,1-3H3,(H,35,41)(H,34,36,37). The molecule has 0 atom stereocenters. The third-order valence-corrected chi connectivity index (χ3v) is 10.1. The van der Waals surface area contributed by atoms with Crippen LogP contribution in [0, 0.1) is 11.2 Å². The molecule has 3 aliphatic carbocycles. The van der Waals surface area contributed by atoms with E-state index in [-0.39, 0.29) is 39.6 Å². The van der Waals surface area contributed by atoms with E-state index < -0.39 is 11.7 Å². The third-order valence-electron chi connectivity index (χ3n) is 9.79. The number of nitrogens with zero attached hydrogens (tertiary/aromatic N) is 5. The van der Waals surface area contributed by atoms with Crippen LogP contribution in [0.4, 0.5) is 27.5 Å². The summed E-state index contributed by atoms with van der Waals surface area (Å²) >= 11 is 6.57. The monoisotopic (exact) mass is 597 g/mol. The number of hydrogen-bond acceptors (Lipinski definition) is 7. The van der Waals surface area contributed by atoms with Crippen LogP contribution in [0.2, 0.25) is 5.02 Å². The summed E-state index contributed by atoms with van der Waals surface area (Å²) in [5.41, 5.74) is 0.526. The summed E-state index contributed by atoms with van der Waals surface area (Å²) in [6.45, 7) is 0.653. The molecule has 2 aromatic rings. The molecule has 1 spiro atoms. The molecule has 2 N–H and O–H groups in total. The van der Waals surface area contributed by atoms with Crippen molar-refractivity contribution in [1.29, 1.82) is 0 Å². The van der Waals surface area contributed by atoms with E-state index in [9.17, 15) is 9.59 Å². The Kier molecular flexibility index (Phi) is 8.04. The first-order valence-corrected chi connectivity index (χ1v) is 15.7. The molecule has 1 aliphatic heterocycles. The fourth-order valence-electron chi connectivity index (χ4n) is 6.96. The van der Waals surface area contributed by atoms with Crippen molar-refractivity contribution in [2.24, 2.45) is 5.41 Å². The first-order chi connectivity index (χ1) is 20.1. The van der Waals surface area contributed by atoms with E-state index in [1.807, 2.05) is 0 Å². The minimum absolute atomic E-state index is 0.0181. The second kappa shape index (κ2) is 11.6. The van der Waals surface area contributed by atoms with Gasteiger partial charge in [0, 0.05) is 31.7 Å². The molecule has 0 saturated heterocycles. The average molecular weight is 598 g/mol. The predicted molar refractivity (Wildman–Crippen MR) is 163 cm³/mol. The van der Waals surface area contributed by atoms with Crippen molar-refractivity contribution in [1.82, 2.24) is 20.2 Å². The van der Waals surface area contributed by atoms with E-state index in [1.165, 1.54) is 18.6 Å². The maximum absolute atomic E-state index is 15.3. The molecule has 1 aromatic carbocycles. The smallest absolute Gasteiger partial charge is 0.254 e. The summed E-state index contributed by atoms with van der Waals surface area (Å²) in [6, 6.07) is 3.43. The van der Waals surface area contributed by atoms with E-state index in [0.717, 1.165) is 70.0 Å². The molecule has 42 heavy (non-hydrogen) atoms. The summed E-state index contributed by atoms with van der Waals surface area (Å²) in [7, 11) is 5.94. The molecule has 2 heterocycles. The Morgan fingerprint density at radius 2 is 1.81 bits per heavy atom. The van der Waals surface area contributed by atoms with E-state index in [2.05, 4.69) is 39.5 Å². The lowest BCUT2D eigenvalue weighted by Gasteiger charge is -2.36. The van der Waals surface area contributed by atoms with Crippen molar-refractivity contribution in [3.8, 4) is 0 Å². The summed E-state index contributed by atoms with van der Waals surface area (Å²) in [6.07, 6.45) is 12.8. The van der Waals surface area contributed by atoms with Gasteiger partial charge in [-0.2, -0.15) is 4.98 Å². The van der Waals surface area contributed by atoms with Crippen molar-refractivity contribution >= 4 is 46.6 Å². The third kappa shape index (κ3) is 5.67. The van der Waals surface area contributed by atoms with Gasteiger partial charge in [-0.25, -0.2) is 9.37 Å². The van der Waals surface area contributed by atoms with E-state index in [0.29, 0.717) is 24.3 Å². The van der Waals surface area contributed by atoms with Crippen LogP contribution in [-0.2, 0) is 4.79 Å². The lowest BCUT2D eigenvalue weighted by atomic mass is 9.90. The molecule has 11 heteroatoms. The van der Waals surface area contributed by atoms with Gasteiger partial charge in [-0.05, 0) is 77.6 Å². The van der Waals surface area contributed by atoms with Gasteiger partial charge in [0.25, 0.3) is 5.91 Å². The summed E-state index contributed by atoms with van der Waals surface area (Å²) in [5, 5.41) is 6.26. The maximum atomic E-state index is 15.3. The molecule has 4 aliphatic rings. The molecule has 9 nitrogen and oxygen atoms in total. The molecule has 2 amide bonds. The summed E-state index contributed by atoms with van der Waals surface area (Å²) in [5.74, 6) is -0.0219. The van der Waals surface area contributed by atoms with Crippen LogP contribution < -0.4 is 20.4 Å². The number of fused-ring (bicyclic) bond motifs is 1. The van der Waals surface area contributed by atoms with Gasteiger partial charge >= 0.3 is 0 Å². The largest absolute Gasteiger partial charge is 0.351 e. The van der Waals surface area contributed by atoms with Crippen LogP contribution in [0.3, 0.4) is 0 Å². The van der Waals surface area contributed by atoms with Crippen LogP contribution in [0.5, 0.6) is 0 Å². The lowest BCUT2D eigenvalue weighted by Crippen LogP contribution is -2.43. The molecule has 3 saturated carbocycles. The summed E-state index contributed by atoms with van der Waals surface area (Å²) < 4.78 is 15.3. The van der Waals surface area contributed by atoms with Gasteiger partial charge in [0.2, 0.25) is 11.9 Å². The van der Waals surface area contributed by atoms with Gasteiger partial charge in [-0.3, -0.25) is 9.59 Å². The zero-order chi connectivity index (χ0) is 29.6. The number of rotatable bonds is 6. The molecular weight excluding hydrogens is 557 g/mol. The zero-order valence-corrected chi connectivity index (χ0v) is 25.5. The topological polar surface area (TPSA) is 93.7 Å². The SMILES string of the molecule is CN1C(=O)C2(CC2)CN(C2CCCCC2)c2nc(Nc3cc(F)c(C(=O)NC4CCC(N(C)C)CC4)cc3Cl)ncc21. The van der Waals surface area contributed by atoms with Crippen molar-refractivity contribution in [3.63, 3.8) is 0 Å². The zero-order valence-electron chi connectivity index (χ0n) is 24.8. The minimum Gasteiger partial charge on any atom is -0.351 e. The van der Waals surface area contributed by atoms with Gasteiger partial charge < -0.3 is 25.3 Å². The van der Waals surface area contributed by atoms with Crippen LogP contribution in [-0.4, -0.2) is 72.5 Å². The Labute approximate surface area is 252 Å². The highest BCUT2D eigenvalue weighted by Crippen LogP contribution is 2.52. The first-order valence-electron chi connectivity index (χ1n) is 15.3. The van der Waals surface area contributed by atoms with Gasteiger partial charge in [0.1, 0.15) is 11.5 Å². The van der Waals surface area contributed by atoms with Crippen LogP contribution in [0.1, 0.15) is 81.0 Å². The number of benzene rings is 1. The van der Waals surface area contributed by atoms with Gasteiger partial charge in [0.15, 0.2) is 5.82 Å². The summed E-state index contributed by atoms with van der Waals surface area (Å²) in [4.78, 5) is 41.9. The maximum Gasteiger partial charge on any atom is 0.254 e. The van der Waals surface area contributed by atoms with E-state index in [1.54, 1.807) is 18.1 Å². The molecule has 0 unspecified atom stereocenters. The Hall–Kier alpha value is -2.98. The quantitative estimate of drug-likeness (QED) is 0.453. The Morgan fingerprint density at radius 3 is 2.48 bits per heavy atom. The number of halogens is 2. The lowest BCUT2D eigenvalue weighted by molar-refractivity contribution is -0.123. The number of amides is 2. The highest BCUT2D eigenvalue weighted by molar-refractivity contribution is 6.33. The van der Waals surface area contributed by atoms with E-state index in [4.69, 9.17) is 16.6 Å². The van der Waals surface area contributed by atoms with Crippen LogP contribution >= 0.6 is 11.6 Å². The predicted octanol–water partition coefficient (Wildman–Crippen LogP) is 5.51. The number of anilines is 4. The number of carbonyl (C=O) groups excluding carboxylic acids is 2. The van der Waals surface area contributed by atoms with Crippen LogP contribution in [0.25, 0.3) is 0 Å². The second-order valence-corrected chi connectivity index (χ2v) is 13.3. The number of carbonyl (C=O) groups is 2.